The molecule has 0 unspecified atom stereocenters. The molecule has 3 heterocycles. The second kappa shape index (κ2) is 14.9. The molecule has 0 radical (unpaired) electrons. The Morgan fingerprint density at radius 3 is 1.98 bits per heavy atom. The molecule has 1 aliphatic heterocycles. The maximum Gasteiger partial charge on any atom is 0.345 e. The fourth-order valence-electron chi connectivity index (χ4n) is 4.87. The van der Waals surface area contributed by atoms with E-state index in [9.17, 15) is 4.79 Å². The number of aromatic nitrogens is 3. The average Bonchev–Trinajstić information content (AvgIpc) is 3.50. The van der Waals surface area contributed by atoms with E-state index in [1.165, 1.54) is 0 Å². The van der Waals surface area contributed by atoms with Gasteiger partial charge < -0.3 is 33.2 Å². The Morgan fingerprint density at radius 2 is 1.36 bits per heavy atom. The Labute approximate surface area is 245 Å². The van der Waals surface area contributed by atoms with E-state index in [1.807, 2.05) is 48.5 Å². The minimum Gasteiger partial charge on any atom is -0.422 e. The maximum atomic E-state index is 12.9. The summed E-state index contributed by atoms with van der Waals surface area (Å²) in [6.45, 7) is 11.9. The molecule has 5 rings (SSSR count). The van der Waals surface area contributed by atoms with Gasteiger partial charge >= 0.3 is 5.63 Å². The summed E-state index contributed by atoms with van der Waals surface area (Å²) in [7, 11) is 0. The Balaban J connectivity index is 1.29. The molecule has 11 heteroatoms. The predicted octanol–water partition coefficient (Wildman–Crippen LogP) is 3.77. The minimum atomic E-state index is -0.443. The van der Waals surface area contributed by atoms with Crippen LogP contribution in [0.5, 0.6) is 0 Å². The van der Waals surface area contributed by atoms with Crippen molar-refractivity contribution < 1.29 is 23.4 Å². The van der Waals surface area contributed by atoms with Gasteiger partial charge in [-0.1, -0.05) is 5.21 Å². The van der Waals surface area contributed by atoms with E-state index in [0.717, 1.165) is 48.6 Å². The lowest BCUT2D eigenvalue weighted by Gasteiger charge is -2.25. The molecule has 2 aromatic heterocycles. The van der Waals surface area contributed by atoms with Crippen molar-refractivity contribution >= 4 is 22.3 Å². The van der Waals surface area contributed by atoms with Crippen LogP contribution in [0.1, 0.15) is 13.8 Å². The van der Waals surface area contributed by atoms with Crippen LogP contribution in [0.2, 0.25) is 0 Å². The summed E-state index contributed by atoms with van der Waals surface area (Å²) >= 11 is 0. The van der Waals surface area contributed by atoms with Crippen LogP contribution < -0.4 is 15.4 Å². The maximum absolute atomic E-state index is 12.9. The summed E-state index contributed by atoms with van der Waals surface area (Å²) in [6, 6.07) is 15.8. The molecule has 11 nitrogen and oxygen atoms in total. The van der Waals surface area contributed by atoms with Crippen molar-refractivity contribution in [3.63, 3.8) is 0 Å². The third-order valence-electron chi connectivity index (χ3n) is 7.22. The van der Waals surface area contributed by atoms with Gasteiger partial charge in [-0.05, 0) is 56.3 Å². The molecule has 1 aliphatic rings. The quantitative estimate of drug-likeness (QED) is 0.315. The zero-order valence-electron chi connectivity index (χ0n) is 24.4. The highest BCUT2D eigenvalue weighted by Crippen LogP contribution is 2.25. The number of benzene rings is 2. The largest absolute Gasteiger partial charge is 0.422 e. The van der Waals surface area contributed by atoms with Crippen molar-refractivity contribution in [3.05, 3.63) is 65.1 Å². The summed E-state index contributed by atoms with van der Waals surface area (Å²) in [5.74, 6) is 0. The van der Waals surface area contributed by atoms with Gasteiger partial charge in [0.25, 0.3) is 0 Å². The highest BCUT2D eigenvalue weighted by molar-refractivity contribution is 5.84. The number of ether oxygens (including phenoxy) is 4. The van der Waals surface area contributed by atoms with Crippen LogP contribution in [-0.2, 0) is 18.9 Å². The number of hydrogen-bond donors (Lipinski definition) is 0. The molecule has 1 fully saturated rings. The molecular formula is C31H39N5O6. The molecule has 0 atom stereocenters. The Bertz CT molecular complexity index is 1450. The predicted molar refractivity (Wildman–Crippen MR) is 162 cm³/mol. The van der Waals surface area contributed by atoms with Crippen LogP contribution in [0.3, 0.4) is 0 Å². The Hall–Kier alpha value is -3.77. The number of nitrogens with zero attached hydrogens (tertiary/aromatic N) is 5. The van der Waals surface area contributed by atoms with E-state index in [1.54, 1.807) is 10.9 Å². The van der Waals surface area contributed by atoms with Crippen molar-refractivity contribution in [2.45, 2.75) is 13.8 Å². The van der Waals surface area contributed by atoms with E-state index in [-0.39, 0.29) is 0 Å². The van der Waals surface area contributed by atoms with Crippen molar-refractivity contribution in [2.75, 3.05) is 88.8 Å². The Morgan fingerprint density at radius 1 is 0.762 bits per heavy atom. The van der Waals surface area contributed by atoms with Crippen LogP contribution >= 0.6 is 0 Å². The first-order valence-corrected chi connectivity index (χ1v) is 14.6. The second-order valence-electron chi connectivity index (χ2n) is 9.84. The van der Waals surface area contributed by atoms with Crippen molar-refractivity contribution in [1.82, 2.24) is 15.0 Å². The zero-order chi connectivity index (χ0) is 29.1. The molecule has 2 aromatic carbocycles. The normalized spacial score (nSPS) is 16.2. The van der Waals surface area contributed by atoms with Gasteiger partial charge in [0.15, 0.2) is 0 Å². The third-order valence-corrected chi connectivity index (χ3v) is 7.22. The lowest BCUT2D eigenvalue weighted by molar-refractivity contribution is 0.00206. The van der Waals surface area contributed by atoms with Crippen molar-refractivity contribution in [2.24, 2.45) is 0 Å². The summed E-state index contributed by atoms with van der Waals surface area (Å²) in [4.78, 5) is 17.3. The molecule has 0 N–H and O–H groups in total. The molecular weight excluding hydrogens is 538 g/mol. The first-order valence-electron chi connectivity index (χ1n) is 14.6. The third kappa shape index (κ3) is 7.54. The molecule has 0 bridgehead atoms. The van der Waals surface area contributed by atoms with E-state index in [0.29, 0.717) is 69.7 Å². The van der Waals surface area contributed by atoms with E-state index in [2.05, 4.69) is 34.0 Å². The molecule has 0 spiro atoms. The Kier molecular flexibility index (Phi) is 10.6. The monoisotopic (exact) mass is 577 g/mol. The molecule has 224 valence electrons. The van der Waals surface area contributed by atoms with E-state index >= 15 is 0 Å². The van der Waals surface area contributed by atoms with Gasteiger partial charge in [0, 0.05) is 49.0 Å². The summed E-state index contributed by atoms with van der Waals surface area (Å²) in [5, 5.41) is 9.39. The van der Waals surface area contributed by atoms with Gasteiger partial charge in [-0.15, -0.1) is 5.10 Å². The van der Waals surface area contributed by atoms with Crippen LogP contribution in [0.15, 0.2) is 63.9 Å². The molecule has 4 aromatic rings. The van der Waals surface area contributed by atoms with Gasteiger partial charge in [-0.25, -0.2) is 9.48 Å². The van der Waals surface area contributed by atoms with Crippen LogP contribution in [0.4, 0.5) is 11.4 Å². The number of fused-ring (bicyclic) bond motifs is 1. The average molecular weight is 578 g/mol. The first-order chi connectivity index (χ1) is 20.7. The second-order valence-corrected chi connectivity index (χ2v) is 9.84. The molecule has 0 aliphatic carbocycles. The first kappa shape index (κ1) is 29.7. The molecule has 0 amide bonds. The van der Waals surface area contributed by atoms with Crippen molar-refractivity contribution in [1.29, 1.82) is 0 Å². The van der Waals surface area contributed by atoms with E-state index in [4.69, 9.17) is 23.4 Å². The SMILES string of the molecule is CCN(CC)c1ccc2cc(-c3cn(-c4ccc(N5CCOCCOCCOCCOCC5)cc4)nn3)c(=O)oc2c1. The number of anilines is 2. The topological polar surface area (TPSA) is 104 Å². The van der Waals surface area contributed by atoms with Gasteiger partial charge in [-0.2, -0.15) is 0 Å². The smallest absolute Gasteiger partial charge is 0.345 e. The number of rotatable bonds is 6. The zero-order valence-corrected chi connectivity index (χ0v) is 24.4. The molecule has 1 saturated heterocycles. The fourth-order valence-corrected chi connectivity index (χ4v) is 4.87. The minimum absolute atomic E-state index is 0.373. The van der Waals surface area contributed by atoms with Crippen LogP contribution in [-0.4, -0.2) is 94.0 Å². The molecule has 0 saturated carbocycles. The van der Waals surface area contributed by atoms with Crippen LogP contribution in [0.25, 0.3) is 27.9 Å². The van der Waals surface area contributed by atoms with Gasteiger partial charge in [0.1, 0.15) is 11.3 Å². The summed E-state index contributed by atoms with van der Waals surface area (Å²) < 4.78 is 29.9. The standard InChI is InChI=1S/C31H39N5O6/c1-3-34(4-2)27-6-5-24-21-28(31(37)42-30(24)22-27)29-23-36(33-32-29)26-9-7-25(8-10-26)35-11-13-38-15-17-40-19-20-41-18-16-39-14-12-35/h5-10,21-23H,3-4,11-20H2,1-2H3. The summed E-state index contributed by atoms with van der Waals surface area (Å²) in [6.07, 6.45) is 1.74. The van der Waals surface area contributed by atoms with Crippen molar-refractivity contribution in [3.8, 4) is 16.9 Å². The highest BCUT2D eigenvalue weighted by atomic mass is 16.6. The number of hydrogen-bond acceptors (Lipinski definition) is 10. The van der Waals surface area contributed by atoms with Gasteiger partial charge in [0.2, 0.25) is 0 Å². The highest BCUT2D eigenvalue weighted by Gasteiger charge is 2.14. The lowest BCUT2D eigenvalue weighted by Crippen LogP contribution is -2.31. The van der Waals surface area contributed by atoms with Gasteiger partial charge in [0.05, 0.1) is 70.3 Å². The van der Waals surface area contributed by atoms with Gasteiger partial charge in [-0.3, -0.25) is 0 Å². The lowest BCUT2D eigenvalue weighted by atomic mass is 10.1. The fraction of sp³-hybridized carbons (Fsp3) is 0.452. The summed E-state index contributed by atoms with van der Waals surface area (Å²) in [5.41, 5.74) is 3.83. The molecule has 42 heavy (non-hydrogen) atoms. The van der Waals surface area contributed by atoms with Crippen LogP contribution in [0, 0.1) is 0 Å². The van der Waals surface area contributed by atoms with E-state index < -0.39 is 5.63 Å².